The van der Waals surface area contributed by atoms with Gasteiger partial charge < -0.3 is 5.32 Å². The minimum Gasteiger partial charge on any atom is -0.316 e. The van der Waals surface area contributed by atoms with E-state index in [1.54, 1.807) is 0 Å². The van der Waals surface area contributed by atoms with E-state index in [0.29, 0.717) is 0 Å². The van der Waals surface area contributed by atoms with Gasteiger partial charge in [0.1, 0.15) is 0 Å². The number of thioether (sulfide) groups is 1. The first-order valence-corrected chi connectivity index (χ1v) is 8.01. The van der Waals surface area contributed by atoms with Crippen LogP contribution in [-0.2, 0) is 0 Å². The quantitative estimate of drug-likeness (QED) is 0.758. The van der Waals surface area contributed by atoms with Crippen molar-refractivity contribution in [1.29, 1.82) is 0 Å². The zero-order valence-corrected chi connectivity index (χ0v) is 12.3. The Kier molecular flexibility index (Phi) is 6.83. The van der Waals surface area contributed by atoms with Crippen molar-refractivity contribution in [2.24, 2.45) is 11.8 Å². The topological polar surface area (TPSA) is 12.0 Å². The molecule has 0 bridgehead atoms. The monoisotopic (exact) mass is 243 g/mol. The van der Waals surface area contributed by atoms with E-state index in [2.05, 4.69) is 44.9 Å². The maximum Gasteiger partial charge on any atom is 0.0183 e. The molecule has 96 valence electrons. The fraction of sp³-hybridized carbons (Fsp3) is 1.00. The highest BCUT2D eigenvalue weighted by atomic mass is 32.2. The lowest BCUT2D eigenvalue weighted by Crippen LogP contribution is -2.38. The molecule has 1 rings (SSSR count). The van der Waals surface area contributed by atoms with Crippen molar-refractivity contribution in [1.82, 2.24) is 5.32 Å². The van der Waals surface area contributed by atoms with Crippen LogP contribution in [0.25, 0.3) is 0 Å². The van der Waals surface area contributed by atoms with Crippen LogP contribution in [0.15, 0.2) is 0 Å². The summed E-state index contributed by atoms with van der Waals surface area (Å²) in [7, 11) is 2.14. The molecule has 1 N–H and O–H groups in total. The molecular formula is C14H29NS. The van der Waals surface area contributed by atoms with E-state index < -0.39 is 0 Å². The molecule has 4 atom stereocenters. The van der Waals surface area contributed by atoms with Crippen molar-refractivity contribution < 1.29 is 0 Å². The summed E-state index contributed by atoms with van der Waals surface area (Å²) >= 11 is 2.14. The third-order valence-electron chi connectivity index (χ3n) is 4.05. The van der Waals surface area contributed by atoms with E-state index in [1.807, 2.05) is 0 Å². The number of hydrogen-bond acceptors (Lipinski definition) is 2. The predicted molar refractivity (Wildman–Crippen MR) is 76.2 cm³/mol. The van der Waals surface area contributed by atoms with Crippen molar-refractivity contribution in [3.63, 3.8) is 0 Å². The second-order valence-corrected chi connectivity index (χ2v) is 6.95. The third kappa shape index (κ3) is 4.67. The van der Waals surface area contributed by atoms with Gasteiger partial charge in [-0.1, -0.05) is 33.6 Å². The molecule has 0 spiro atoms. The zero-order chi connectivity index (χ0) is 12.0. The van der Waals surface area contributed by atoms with E-state index in [0.717, 1.165) is 23.1 Å². The Morgan fingerprint density at radius 2 is 2.12 bits per heavy atom. The summed E-state index contributed by atoms with van der Waals surface area (Å²) in [4.78, 5) is 0. The van der Waals surface area contributed by atoms with Crippen LogP contribution in [0.1, 0.15) is 52.9 Å². The van der Waals surface area contributed by atoms with Crippen LogP contribution in [0.5, 0.6) is 0 Å². The molecule has 0 aromatic carbocycles. The lowest BCUT2D eigenvalue weighted by atomic mass is 9.79. The number of hydrogen-bond donors (Lipinski definition) is 1. The molecule has 0 heterocycles. The van der Waals surface area contributed by atoms with Gasteiger partial charge in [-0.15, -0.1) is 0 Å². The Morgan fingerprint density at radius 3 is 2.69 bits per heavy atom. The van der Waals surface area contributed by atoms with Crippen LogP contribution in [0.3, 0.4) is 0 Å². The van der Waals surface area contributed by atoms with Crippen LogP contribution in [0.2, 0.25) is 0 Å². The third-order valence-corrected chi connectivity index (χ3v) is 5.51. The molecule has 0 saturated heterocycles. The Hall–Kier alpha value is 0.310. The second-order valence-electron chi connectivity index (χ2n) is 5.48. The highest BCUT2D eigenvalue weighted by Gasteiger charge is 2.25. The molecule has 0 radical (unpaired) electrons. The van der Waals surface area contributed by atoms with Gasteiger partial charge in [0.2, 0.25) is 0 Å². The molecule has 16 heavy (non-hydrogen) atoms. The maximum absolute atomic E-state index is 3.55. The minimum absolute atomic E-state index is 0.738. The van der Waals surface area contributed by atoms with E-state index >= 15 is 0 Å². The van der Waals surface area contributed by atoms with Gasteiger partial charge in [-0.3, -0.25) is 0 Å². The SMILES string of the molecule is CCC(C)SCC(NC)C1CCCC(C)C1. The molecule has 0 aromatic heterocycles. The van der Waals surface area contributed by atoms with Gasteiger partial charge in [-0.2, -0.15) is 11.8 Å². The molecule has 4 unspecified atom stereocenters. The molecule has 1 aliphatic rings. The second kappa shape index (κ2) is 7.60. The van der Waals surface area contributed by atoms with E-state index in [4.69, 9.17) is 0 Å². The first kappa shape index (κ1) is 14.4. The van der Waals surface area contributed by atoms with Crippen LogP contribution in [0, 0.1) is 11.8 Å². The summed E-state index contributed by atoms with van der Waals surface area (Å²) in [6, 6.07) is 0.738. The van der Waals surface area contributed by atoms with Gasteiger partial charge in [0.05, 0.1) is 0 Å². The first-order valence-electron chi connectivity index (χ1n) is 6.96. The molecule has 2 heteroatoms. The Labute approximate surface area is 106 Å². The van der Waals surface area contributed by atoms with Gasteiger partial charge in [0.15, 0.2) is 0 Å². The summed E-state index contributed by atoms with van der Waals surface area (Å²) in [5.74, 6) is 3.16. The van der Waals surface area contributed by atoms with E-state index in [1.165, 1.54) is 37.9 Å². The summed E-state index contributed by atoms with van der Waals surface area (Å²) in [5.41, 5.74) is 0. The molecule has 0 aromatic rings. The molecular weight excluding hydrogens is 214 g/mol. The van der Waals surface area contributed by atoms with Crippen molar-refractivity contribution in [3.05, 3.63) is 0 Å². The number of rotatable bonds is 6. The Balaban J connectivity index is 2.34. The zero-order valence-electron chi connectivity index (χ0n) is 11.5. The highest BCUT2D eigenvalue weighted by molar-refractivity contribution is 7.99. The van der Waals surface area contributed by atoms with Crippen LogP contribution >= 0.6 is 11.8 Å². The fourth-order valence-corrected chi connectivity index (χ4v) is 3.90. The predicted octanol–water partition coefficient (Wildman–Crippen LogP) is 3.93. The smallest absolute Gasteiger partial charge is 0.0183 e. The van der Waals surface area contributed by atoms with E-state index in [9.17, 15) is 0 Å². The standard InChI is InChI=1S/C14H29NS/c1-5-12(3)16-10-14(15-4)13-8-6-7-11(2)9-13/h11-15H,5-10H2,1-4H3. The summed E-state index contributed by atoms with van der Waals surface area (Å²) < 4.78 is 0. The summed E-state index contributed by atoms with van der Waals surface area (Å²) in [5, 5.41) is 4.37. The molecule has 1 nitrogen and oxygen atoms in total. The van der Waals surface area contributed by atoms with Crippen molar-refractivity contribution in [2.75, 3.05) is 12.8 Å². The highest BCUT2D eigenvalue weighted by Crippen LogP contribution is 2.32. The minimum atomic E-state index is 0.738. The fourth-order valence-electron chi connectivity index (χ4n) is 2.69. The lowest BCUT2D eigenvalue weighted by Gasteiger charge is -2.33. The number of nitrogens with one attached hydrogen (secondary N) is 1. The molecule has 1 fully saturated rings. The van der Waals surface area contributed by atoms with Crippen molar-refractivity contribution >= 4 is 11.8 Å². The molecule has 1 aliphatic carbocycles. The van der Waals surface area contributed by atoms with Crippen LogP contribution in [-0.4, -0.2) is 24.1 Å². The molecule has 0 aliphatic heterocycles. The maximum atomic E-state index is 3.55. The molecule has 0 amide bonds. The van der Waals surface area contributed by atoms with Crippen molar-refractivity contribution in [2.45, 2.75) is 64.2 Å². The molecule has 1 saturated carbocycles. The summed E-state index contributed by atoms with van der Waals surface area (Å²) in [6.45, 7) is 7.05. The normalized spacial score (nSPS) is 30.0. The largest absolute Gasteiger partial charge is 0.316 e. The summed E-state index contributed by atoms with van der Waals surface area (Å²) in [6.07, 6.45) is 7.06. The van der Waals surface area contributed by atoms with Gasteiger partial charge >= 0.3 is 0 Å². The van der Waals surface area contributed by atoms with Crippen LogP contribution in [0.4, 0.5) is 0 Å². The van der Waals surface area contributed by atoms with Gasteiger partial charge in [-0.05, 0) is 38.1 Å². The average molecular weight is 243 g/mol. The van der Waals surface area contributed by atoms with E-state index in [-0.39, 0.29) is 0 Å². The van der Waals surface area contributed by atoms with Crippen molar-refractivity contribution in [3.8, 4) is 0 Å². The Bertz CT molecular complexity index is 184. The average Bonchev–Trinajstić information content (AvgIpc) is 2.29. The van der Waals surface area contributed by atoms with Gasteiger partial charge in [0.25, 0.3) is 0 Å². The van der Waals surface area contributed by atoms with Gasteiger partial charge in [-0.25, -0.2) is 0 Å². The Morgan fingerprint density at radius 1 is 1.38 bits per heavy atom. The first-order chi connectivity index (χ1) is 7.67. The van der Waals surface area contributed by atoms with Gasteiger partial charge in [0, 0.05) is 17.0 Å². The lowest BCUT2D eigenvalue weighted by molar-refractivity contribution is 0.240. The van der Waals surface area contributed by atoms with Crippen LogP contribution < -0.4 is 5.32 Å².